The van der Waals surface area contributed by atoms with Crippen LogP contribution < -0.4 is 16.4 Å². The summed E-state index contributed by atoms with van der Waals surface area (Å²) in [6, 6.07) is 5.26. The van der Waals surface area contributed by atoms with E-state index in [-0.39, 0.29) is 25.2 Å². The highest BCUT2D eigenvalue weighted by molar-refractivity contribution is 6.00. The van der Waals surface area contributed by atoms with Gasteiger partial charge in [0.05, 0.1) is 0 Å². The lowest BCUT2D eigenvalue weighted by molar-refractivity contribution is -0.171. The summed E-state index contributed by atoms with van der Waals surface area (Å²) in [5.74, 6) is -2.48. The van der Waals surface area contributed by atoms with Crippen LogP contribution in [0.3, 0.4) is 0 Å². The highest BCUT2D eigenvalue weighted by Gasteiger charge is 2.45. The third kappa shape index (κ3) is 5.30. The minimum absolute atomic E-state index is 0. The molecule has 1 fully saturated rings. The average Bonchev–Trinajstić information content (AvgIpc) is 2.48. The van der Waals surface area contributed by atoms with E-state index in [4.69, 9.17) is 5.73 Å². The molecular weight excluding hydrogens is 347 g/mol. The molecule has 24 heavy (non-hydrogen) atoms. The van der Waals surface area contributed by atoms with Crippen LogP contribution in [-0.2, 0) is 16.0 Å². The van der Waals surface area contributed by atoms with Gasteiger partial charge in [0, 0.05) is 12.2 Å². The van der Waals surface area contributed by atoms with Gasteiger partial charge in [-0.1, -0.05) is 12.1 Å². The van der Waals surface area contributed by atoms with Crippen LogP contribution in [0.4, 0.5) is 18.9 Å². The Labute approximate surface area is 143 Å². The van der Waals surface area contributed by atoms with Crippen molar-refractivity contribution in [2.24, 2.45) is 5.92 Å². The second-order valence-corrected chi connectivity index (χ2v) is 5.52. The fourth-order valence-electron chi connectivity index (χ4n) is 2.44. The summed E-state index contributed by atoms with van der Waals surface area (Å²) in [4.78, 5) is 23.6. The maximum Gasteiger partial charge on any atom is 0.408 e. The second-order valence-electron chi connectivity index (χ2n) is 5.52. The van der Waals surface area contributed by atoms with Crippen molar-refractivity contribution in [1.29, 1.82) is 0 Å². The van der Waals surface area contributed by atoms with E-state index in [0.717, 1.165) is 5.56 Å². The third-order valence-corrected chi connectivity index (χ3v) is 3.78. The fourth-order valence-corrected chi connectivity index (χ4v) is 2.44. The number of benzene rings is 1. The van der Waals surface area contributed by atoms with Gasteiger partial charge in [-0.05, 0) is 37.0 Å². The highest BCUT2D eigenvalue weighted by atomic mass is 35.5. The number of nitrogen functional groups attached to an aromatic ring is 1. The van der Waals surface area contributed by atoms with E-state index in [1.165, 1.54) is 0 Å². The predicted molar refractivity (Wildman–Crippen MR) is 85.5 cm³/mol. The van der Waals surface area contributed by atoms with Crippen LogP contribution >= 0.6 is 12.4 Å². The van der Waals surface area contributed by atoms with Gasteiger partial charge in [-0.2, -0.15) is 13.2 Å². The molecule has 0 radical (unpaired) electrons. The van der Waals surface area contributed by atoms with Crippen LogP contribution in [0.15, 0.2) is 24.3 Å². The second kappa shape index (κ2) is 8.23. The van der Waals surface area contributed by atoms with Crippen LogP contribution in [0.25, 0.3) is 0 Å². The van der Waals surface area contributed by atoms with E-state index in [9.17, 15) is 22.8 Å². The summed E-state index contributed by atoms with van der Waals surface area (Å²) in [7, 11) is 0. The number of alkyl halides is 3. The van der Waals surface area contributed by atoms with Gasteiger partial charge in [0.1, 0.15) is 12.0 Å². The molecule has 9 heteroatoms. The van der Waals surface area contributed by atoms with Gasteiger partial charge in [0.15, 0.2) is 0 Å². The van der Waals surface area contributed by atoms with Crippen LogP contribution in [0.5, 0.6) is 0 Å². The molecule has 1 aromatic carbocycles. The van der Waals surface area contributed by atoms with Crippen molar-refractivity contribution in [3.63, 3.8) is 0 Å². The summed E-state index contributed by atoms with van der Waals surface area (Å²) in [5, 5.41) is 4.45. The molecule has 2 atom stereocenters. The zero-order valence-corrected chi connectivity index (χ0v) is 13.5. The smallest absolute Gasteiger partial charge is 0.399 e. The quantitative estimate of drug-likeness (QED) is 0.562. The van der Waals surface area contributed by atoms with Crippen molar-refractivity contribution in [3.05, 3.63) is 29.8 Å². The number of piperidine rings is 1. The predicted octanol–water partition coefficient (Wildman–Crippen LogP) is 1.81. The first-order valence-corrected chi connectivity index (χ1v) is 7.26. The highest BCUT2D eigenvalue weighted by Crippen LogP contribution is 2.28. The first-order valence-electron chi connectivity index (χ1n) is 7.26. The number of halogens is 4. The van der Waals surface area contributed by atoms with E-state index < -0.39 is 30.0 Å². The standard InChI is InChI=1S/C15H18F3N3O2.ClH/c16-15(17,18)12-6-5-11(14(23)21-12)13(22)20-8-7-9-1-3-10(19)4-2-9;/h1-4,11-12H,5-8,19H2,(H,20,22)(H,21,23);1H. The molecule has 2 amide bonds. The molecular formula is C15H19ClF3N3O2. The molecule has 0 bridgehead atoms. The minimum Gasteiger partial charge on any atom is -0.399 e. The Morgan fingerprint density at radius 1 is 1.25 bits per heavy atom. The van der Waals surface area contributed by atoms with Crippen molar-refractivity contribution >= 4 is 29.9 Å². The van der Waals surface area contributed by atoms with Crippen LogP contribution in [-0.4, -0.2) is 30.6 Å². The summed E-state index contributed by atoms with van der Waals surface area (Å²) in [6.07, 6.45) is -4.33. The number of nitrogens with two attached hydrogens (primary N) is 1. The first kappa shape index (κ1) is 20.1. The van der Waals surface area contributed by atoms with E-state index in [0.29, 0.717) is 18.7 Å². The molecule has 134 valence electrons. The summed E-state index contributed by atoms with van der Waals surface area (Å²) in [6.45, 7) is 0.301. The number of carbonyl (C=O) groups is 2. The molecule has 1 aromatic rings. The van der Waals surface area contributed by atoms with Crippen molar-refractivity contribution in [2.45, 2.75) is 31.5 Å². The van der Waals surface area contributed by atoms with Gasteiger partial charge in [-0.3, -0.25) is 9.59 Å². The Kier molecular flexibility index (Phi) is 6.89. The summed E-state index contributed by atoms with van der Waals surface area (Å²) < 4.78 is 37.6. The molecule has 5 nitrogen and oxygen atoms in total. The van der Waals surface area contributed by atoms with Gasteiger partial charge < -0.3 is 16.4 Å². The molecule has 1 aliphatic rings. The Morgan fingerprint density at radius 2 is 1.88 bits per heavy atom. The van der Waals surface area contributed by atoms with E-state index in [1.54, 1.807) is 12.1 Å². The van der Waals surface area contributed by atoms with Crippen molar-refractivity contribution in [2.75, 3.05) is 12.3 Å². The lowest BCUT2D eigenvalue weighted by Gasteiger charge is -2.29. The Balaban J connectivity index is 0.00000288. The largest absolute Gasteiger partial charge is 0.408 e. The number of nitrogens with one attached hydrogen (secondary N) is 2. The summed E-state index contributed by atoms with van der Waals surface area (Å²) in [5.41, 5.74) is 7.16. The van der Waals surface area contributed by atoms with Gasteiger partial charge in [0.2, 0.25) is 11.8 Å². The zero-order valence-electron chi connectivity index (χ0n) is 12.7. The number of rotatable bonds is 4. The van der Waals surface area contributed by atoms with E-state index >= 15 is 0 Å². The molecule has 0 saturated carbocycles. The Morgan fingerprint density at radius 3 is 2.42 bits per heavy atom. The van der Waals surface area contributed by atoms with E-state index in [1.807, 2.05) is 17.4 Å². The lowest BCUT2D eigenvalue weighted by Crippen LogP contribution is -2.54. The summed E-state index contributed by atoms with van der Waals surface area (Å²) >= 11 is 0. The lowest BCUT2D eigenvalue weighted by atomic mass is 9.93. The molecule has 0 spiro atoms. The van der Waals surface area contributed by atoms with Crippen LogP contribution in [0.1, 0.15) is 18.4 Å². The molecule has 1 aliphatic heterocycles. The van der Waals surface area contributed by atoms with Crippen molar-refractivity contribution in [3.8, 4) is 0 Å². The Bertz CT molecular complexity index is 578. The third-order valence-electron chi connectivity index (χ3n) is 3.78. The Hall–Kier alpha value is -1.96. The maximum absolute atomic E-state index is 12.5. The molecule has 2 rings (SSSR count). The first-order chi connectivity index (χ1) is 10.8. The number of hydrogen-bond acceptors (Lipinski definition) is 3. The number of hydrogen-bond donors (Lipinski definition) is 3. The monoisotopic (exact) mass is 365 g/mol. The molecule has 4 N–H and O–H groups in total. The average molecular weight is 366 g/mol. The molecule has 2 unspecified atom stereocenters. The van der Waals surface area contributed by atoms with Crippen molar-refractivity contribution in [1.82, 2.24) is 10.6 Å². The maximum atomic E-state index is 12.5. The normalized spacial score (nSPS) is 20.7. The molecule has 1 heterocycles. The molecule has 0 aliphatic carbocycles. The van der Waals surface area contributed by atoms with E-state index in [2.05, 4.69) is 5.32 Å². The van der Waals surface area contributed by atoms with Gasteiger partial charge in [0.25, 0.3) is 0 Å². The topological polar surface area (TPSA) is 84.2 Å². The van der Waals surface area contributed by atoms with Gasteiger partial charge >= 0.3 is 6.18 Å². The number of anilines is 1. The molecule has 1 saturated heterocycles. The number of amides is 2. The number of carbonyl (C=O) groups excluding carboxylic acids is 2. The van der Waals surface area contributed by atoms with Gasteiger partial charge in [-0.15, -0.1) is 12.4 Å². The van der Waals surface area contributed by atoms with Gasteiger partial charge in [-0.25, -0.2) is 0 Å². The zero-order chi connectivity index (χ0) is 17.0. The van der Waals surface area contributed by atoms with Crippen LogP contribution in [0.2, 0.25) is 0 Å². The fraction of sp³-hybridized carbons (Fsp3) is 0.467. The van der Waals surface area contributed by atoms with Crippen LogP contribution in [0, 0.1) is 5.92 Å². The SMILES string of the molecule is Cl.Nc1ccc(CCNC(=O)C2CCC(C(F)(F)F)NC2=O)cc1. The van der Waals surface area contributed by atoms with Crippen molar-refractivity contribution < 1.29 is 22.8 Å². The minimum atomic E-state index is -4.48. The molecule has 0 aromatic heterocycles.